The molecule has 0 aliphatic heterocycles. The van der Waals surface area contributed by atoms with Crippen molar-refractivity contribution in [3.63, 3.8) is 0 Å². The lowest BCUT2D eigenvalue weighted by molar-refractivity contribution is 0.218. The van der Waals surface area contributed by atoms with E-state index in [0.717, 1.165) is 25.6 Å². The molecule has 0 fully saturated rings. The Morgan fingerprint density at radius 3 is 1.65 bits per heavy atom. The van der Waals surface area contributed by atoms with E-state index >= 15 is 0 Å². The molecular formula is C19H25N. The second-order valence-corrected chi connectivity index (χ2v) is 5.65. The van der Waals surface area contributed by atoms with Gasteiger partial charge < -0.3 is 0 Å². The van der Waals surface area contributed by atoms with E-state index in [2.05, 4.69) is 79.4 Å². The Kier molecular flexibility index (Phi) is 5.82. The van der Waals surface area contributed by atoms with Gasteiger partial charge in [0, 0.05) is 19.6 Å². The standard InChI is InChI=1S/C19H25N/c1-3-17(2)14-20(15-18-10-6-4-7-11-18)16-19-12-8-5-9-13-19/h4-13,17H,3,14-16H2,1-2H3. The highest BCUT2D eigenvalue weighted by molar-refractivity contribution is 5.17. The summed E-state index contributed by atoms with van der Waals surface area (Å²) in [6.07, 6.45) is 1.24. The molecule has 0 aliphatic carbocycles. The van der Waals surface area contributed by atoms with Crippen molar-refractivity contribution in [3.05, 3.63) is 71.8 Å². The van der Waals surface area contributed by atoms with E-state index in [9.17, 15) is 0 Å². The quantitative estimate of drug-likeness (QED) is 0.700. The summed E-state index contributed by atoms with van der Waals surface area (Å²) >= 11 is 0. The Labute approximate surface area is 123 Å². The summed E-state index contributed by atoms with van der Waals surface area (Å²) in [4.78, 5) is 2.55. The molecule has 20 heavy (non-hydrogen) atoms. The zero-order valence-electron chi connectivity index (χ0n) is 12.6. The lowest BCUT2D eigenvalue weighted by Gasteiger charge is -2.25. The number of rotatable bonds is 7. The van der Waals surface area contributed by atoms with Crippen LogP contribution in [0.3, 0.4) is 0 Å². The van der Waals surface area contributed by atoms with Gasteiger partial charge in [-0.2, -0.15) is 0 Å². The summed E-state index contributed by atoms with van der Waals surface area (Å²) in [5.41, 5.74) is 2.79. The molecule has 2 rings (SSSR count). The second-order valence-electron chi connectivity index (χ2n) is 5.65. The van der Waals surface area contributed by atoms with E-state index in [1.54, 1.807) is 0 Å². The number of hydrogen-bond donors (Lipinski definition) is 0. The van der Waals surface area contributed by atoms with Crippen LogP contribution >= 0.6 is 0 Å². The molecule has 0 amide bonds. The van der Waals surface area contributed by atoms with Gasteiger partial charge in [-0.1, -0.05) is 80.9 Å². The average Bonchev–Trinajstić information content (AvgIpc) is 2.49. The maximum Gasteiger partial charge on any atom is 0.0237 e. The first-order valence-electron chi connectivity index (χ1n) is 7.58. The lowest BCUT2D eigenvalue weighted by Crippen LogP contribution is -2.27. The van der Waals surface area contributed by atoms with Crippen LogP contribution in [0.5, 0.6) is 0 Å². The van der Waals surface area contributed by atoms with E-state index in [1.807, 2.05) is 0 Å². The van der Waals surface area contributed by atoms with Gasteiger partial charge in [-0.3, -0.25) is 4.90 Å². The van der Waals surface area contributed by atoms with E-state index in [-0.39, 0.29) is 0 Å². The monoisotopic (exact) mass is 267 g/mol. The molecular weight excluding hydrogens is 242 g/mol. The summed E-state index contributed by atoms with van der Waals surface area (Å²) in [5, 5.41) is 0. The Hall–Kier alpha value is -1.60. The molecule has 0 spiro atoms. The molecule has 1 heteroatoms. The predicted molar refractivity (Wildman–Crippen MR) is 86.5 cm³/mol. The number of benzene rings is 2. The van der Waals surface area contributed by atoms with Crippen LogP contribution in [-0.4, -0.2) is 11.4 Å². The van der Waals surface area contributed by atoms with Gasteiger partial charge in [0.1, 0.15) is 0 Å². The van der Waals surface area contributed by atoms with Gasteiger partial charge in [0.15, 0.2) is 0 Å². The van der Waals surface area contributed by atoms with Crippen LogP contribution < -0.4 is 0 Å². The molecule has 106 valence electrons. The fraction of sp³-hybridized carbons (Fsp3) is 0.368. The summed E-state index contributed by atoms with van der Waals surface area (Å²) in [6.45, 7) is 7.82. The summed E-state index contributed by atoms with van der Waals surface area (Å²) in [7, 11) is 0. The zero-order valence-corrected chi connectivity index (χ0v) is 12.6. The molecule has 0 radical (unpaired) electrons. The SMILES string of the molecule is CCC(C)CN(Cc1ccccc1)Cc1ccccc1. The summed E-state index contributed by atoms with van der Waals surface area (Å²) in [5.74, 6) is 0.738. The van der Waals surface area contributed by atoms with E-state index in [1.165, 1.54) is 17.5 Å². The van der Waals surface area contributed by atoms with Gasteiger partial charge in [0.2, 0.25) is 0 Å². The van der Waals surface area contributed by atoms with Crippen LogP contribution in [0.25, 0.3) is 0 Å². The maximum atomic E-state index is 2.55. The van der Waals surface area contributed by atoms with Gasteiger partial charge in [-0.25, -0.2) is 0 Å². The van der Waals surface area contributed by atoms with Crippen molar-refractivity contribution in [1.29, 1.82) is 0 Å². The van der Waals surface area contributed by atoms with Gasteiger partial charge >= 0.3 is 0 Å². The zero-order chi connectivity index (χ0) is 14.2. The van der Waals surface area contributed by atoms with Crippen molar-refractivity contribution in [3.8, 4) is 0 Å². The molecule has 0 aromatic heterocycles. The van der Waals surface area contributed by atoms with E-state index in [4.69, 9.17) is 0 Å². The highest BCUT2D eigenvalue weighted by Gasteiger charge is 2.10. The fourth-order valence-corrected chi connectivity index (χ4v) is 2.44. The van der Waals surface area contributed by atoms with Crippen molar-refractivity contribution >= 4 is 0 Å². The van der Waals surface area contributed by atoms with Crippen molar-refractivity contribution in [2.45, 2.75) is 33.4 Å². The first kappa shape index (κ1) is 14.8. The molecule has 0 N–H and O–H groups in total. The lowest BCUT2D eigenvalue weighted by atomic mass is 10.1. The second kappa shape index (κ2) is 7.86. The molecule has 0 saturated carbocycles. The third-order valence-electron chi connectivity index (χ3n) is 3.76. The highest BCUT2D eigenvalue weighted by Crippen LogP contribution is 2.13. The molecule has 1 nitrogen and oxygen atoms in total. The fourth-order valence-electron chi connectivity index (χ4n) is 2.44. The van der Waals surface area contributed by atoms with Crippen LogP contribution in [0.4, 0.5) is 0 Å². The minimum atomic E-state index is 0.738. The topological polar surface area (TPSA) is 3.24 Å². The third-order valence-corrected chi connectivity index (χ3v) is 3.76. The van der Waals surface area contributed by atoms with Gasteiger partial charge in [0.05, 0.1) is 0 Å². The van der Waals surface area contributed by atoms with Crippen molar-refractivity contribution in [2.75, 3.05) is 6.54 Å². The minimum absolute atomic E-state index is 0.738. The van der Waals surface area contributed by atoms with E-state index in [0.29, 0.717) is 0 Å². The number of hydrogen-bond acceptors (Lipinski definition) is 1. The van der Waals surface area contributed by atoms with Crippen molar-refractivity contribution < 1.29 is 0 Å². The van der Waals surface area contributed by atoms with Gasteiger partial charge in [0.25, 0.3) is 0 Å². The van der Waals surface area contributed by atoms with Crippen LogP contribution in [0.15, 0.2) is 60.7 Å². The Bertz CT molecular complexity index is 436. The van der Waals surface area contributed by atoms with E-state index < -0.39 is 0 Å². The maximum absolute atomic E-state index is 2.55. The van der Waals surface area contributed by atoms with Crippen LogP contribution in [0, 0.1) is 5.92 Å². The average molecular weight is 267 g/mol. The number of nitrogens with zero attached hydrogens (tertiary/aromatic N) is 1. The predicted octanol–water partition coefficient (Wildman–Crippen LogP) is 4.73. The smallest absolute Gasteiger partial charge is 0.0237 e. The Morgan fingerprint density at radius 2 is 1.25 bits per heavy atom. The van der Waals surface area contributed by atoms with Crippen LogP contribution in [0.2, 0.25) is 0 Å². The van der Waals surface area contributed by atoms with Crippen LogP contribution in [0.1, 0.15) is 31.4 Å². The first-order chi connectivity index (χ1) is 9.78. The third kappa shape index (κ3) is 4.82. The molecule has 0 aliphatic rings. The van der Waals surface area contributed by atoms with Crippen molar-refractivity contribution in [2.24, 2.45) is 5.92 Å². The molecule has 1 unspecified atom stereocenters. The molecule has 2 aromatic carbocycles. The molecule has 2 aromatic rings. The normalized spacial score (nSPS) is 12.6. The Balaban J connectivity index is 2.04. The largest absolute Gasteiger partial charge is 0.295 e. The highest BCUT2D eigenvalue weighted by atomic mass is 15.1. The molecule has 1 atom stereocenters. The molecule has 0 saturated heterocycles. The summed E-state index contributed by atoms with van der Waals surface area (Å²) < 4.78 is 0. The van der Waals surface area contributed by atoms with Crippen LogP contribution in [-0.2, 0) is 13.1 Å². The first-order valence-corrected chi connectivity index (χ1v) is 7.58. The molecule has 0 bridgehead atoms. The molecule has 0 heterocycles. The van der Waals surface area contributed by atoms with Gasteiger partial charge in [-0.15, -0.1) is 0 Å². The Morgan fingerprint density at radius 1 is 0.800 bits per heavy atom. The van der Waals surface area contributed by atoms with Crippen molar-refractivity contribution in [1.82, 2.24) is 4.90 Å². The van der Waals surface area contributed by atoms with Gasteiger partial charge in [-0.05, 0) is 17.0 Å². The summed E-state index contributed by atoms with van der Waals surface area (Å²) in [6, 6.07) is 21.5. The minimum Gasteiger partial charge on any atom is -0.295 e.